The number of non-ortho nitro benzene ring substituents is 1. The molecule has 0 unspecified atom stereocenters. The fraction of sp³-hybridized carbons (Fsp3) is 0.300. The molecule has 0 spiro atoms. The molecule has 1 N–H and O–H groups in total. The fourth-order valence-electron chi connectivity index (χ4n) is 3.29. The third-order valence-corrected chi connectivity index (χ3v) is 4.99. The Morgan fingerprint density at radius 3 is 2.47 bits per heavy atom. The van der Waals surface area contributed by atoms with Crippen molar-refractivity contribution in [2.45, 2.75) is 19.0 Å². The zero-order valence-electron chi connectivity index (χ0n) is 16.4. The summed E-state index contributed by atoms with van der Waals surface area (Å²) >= 11 is 5.60. The number of nitro groups is 1. The number of alkyl halides is 3. The zero-order valence-corrected chi connectivity index (χ0v) is 17.2. The van der Waals surface area contributed by atoms with Crippen LogP contribution in [0, 0.1) is 10.1 Å². The molecule has 12 heteroatoms. The van der Waals surface area contributed by atoms with E-state index < -0.39 is 40.8 Å². The number of hydrogen-bond acceptors (Lipinski definition) is 6. The fourth-order valence-corrected chi connectivity index (χ4v) is 3.46. The Kier molecular flexibility index (Phi) is 6.87. The molecule has 8 nitrogen and oxygen atoms in total. The first kappa shape index (κ1) is 23.3. The van der Waals surface area contributed by atoms with Crippen LogP contribution < -0.4 is 10.2 Å². The SMILES string of the molecule is O=C(COC(=O)c1cc([N+](=O)[O-])ccc1N1CCCC1)Nc1ccc(Cl)cc1C(F)(F)F. The number of nitro benzene ring substituents is 1. The highest BCUT2D eigenvalue weighted by Gasteiger charge is 2.34. The van der Waals surface area contributed by atoms with Crippen LogP contribution in [0.5, 0.6) is 0 Å². The van der Waals surface area contributed by atoms with Gasteiger partial charge in [0.15, 0.2) is 6.61 Å². The van der Waals surface area contributed by atoms with E-state index in [1.807, 2.05) is 10.2 Å². The van der Waals surface area contributed by atoms with Gasteiger partial charge in [-0.05, 0) is 37.1 Å². The first-order valence-corrected chi connectivity index (χ1v) is 9.81. The Labute approximate surface area is 185 Å². The molecular weight excluding hydrogens is 455 g/mol. The maximum absolute atomic E-state index is 13.2. The highest BCUT2D eigenvalue weighted by atomic mass is 35.5. The minimum Gasteiger partial charge on any atom is -0.452 e. The monoisotopic (exact) mass is 471 g/mol. The predicted octanol–water partition coefficient (Wildman–Crippen LogP) is 4.66. The molecular formula is C20H17ClF3N3O5. The van der Waals surface area contributed by atoms with Crippen LogP contribution in [-0.2, 0) is 15.7 Å². The molecule has 1 amide bonds. The Hall–Kier alpha value is -3.34. The molecule has 0 saturated carbocycles. The lowest BCUT2D eigenvalue weighted by molar-refractivity contribution is -0.384. The number of hydrogen-bond donors (Lipinski definition) is 1. The first-order valence-electron chi connectivity index (χ1n) is 9.43. The van der Waals surface area contributed by atoms with E-state index in [9.17, 15) is 32.9 Å². The van der Waals surface area contributed by atoms with Crippen molar-refractivity contribution in [1.29, 1.82) is 0 Å². The number of rotatable bonds is 6. The second-order valence-corrected chi connectivity index (χ2v) is 7.40. The second kappa shape index (κ2) is 9.43. The van der Waals surface area contributed by atoms with Gasteiger partial charge < -0.3 is 15.0 Å². The summed E-state index contributed by atoms with van der Waals surface area (Å²) in [5.74, 6) is -2.02. The maximum atomic E-state index is 13.2. The van der Waals surface area contributed by atoms with E-state index in [0.717, 1.165) is 25.0 Å². The van der Waals surface area contributed by atoms with Crippen LogP contribution in [0.1, 0.15) is 28.8 Å². The minimum atomic E-state index is -4.77. The number of amides is 1. The number of ether oxygens (including phenoxy) is 1. The standard InChI is InChI=1S/C20H17ClF3N3O5/c21-12-3-5-16(15(9-12)20(22,23)24)25-18(28)11-32-19(29)14-10-13(27(30)31)4-6-17(14)26-7-1-2-8-26/h3-6,9-10H,1-2,7-8,11H2,(H,25,28). The van der Waals surface area contributed by atoms with Crippen molar-refractivity contribution in [2.24, 2.45) is 0 Å². The van der Waals surface area contributed by atoms with Gasteiger partial charge in [-0.2, -0.15) is 13.2 Å². The number of nitrogens with one attached hydrogen (secondary N) is 1. The van der Waals surface area contributed by atoms with Gasteiger partial charge in [-0.15, -0.1) is 0 Å². The van der Waals surface area contributed by atoms with E-state index in [1.54, 1.807) is 0 Å². The van der Waals surface area contributed by atoms with Crippen LogP contribution in [0.4, 0.5) is 30.2 Å². The summed E-state index contributed by atoms with van der Waals surface area (Å²) in [5.41, 5.74) is -1.71. The Bertz CT molecular complexity index is 1060. The third-order valence-electron chi connectivity index (χ3n) is 4.75. The van der Waals surface area contributed by atoms with Crippen LogP contribution >= 0.6 is 11.6 Å². The van der Waals surface area contributed by atoms with Crippen LogP contribution in [0.2, 0.25) is 5.02 Å². The van der Waals surface area contributed by atoms with E-state index in [2.05, 4.69) is 0 Å². The zero-order chi connectivity index (χ0) is 23.5. The number of esters is 1. The van der Waals surface area contributed by atoms with Crippen LogP contribution in [0.15, 0.2) is 36.4 Å². The lowest BCUT2D eigenvalue weighted by atomic mass is 10.1. The van der Waals surface area contributed by atoms with Gasteiger partial charge in [-0.25, -0.2) is 4.79 Å². The van der Waals surface area contributed by atoms with Crippen LogP contribution in [-0.4, -0.2) is 36.5 Å². The summed E-state index contributed by atoms with van der Waals surface area (Å²) in [6, 6.07) is 6.56. The van der Waals surface area contributed by atoms with Gasteiger partial charge in [0.25, 0.3) is 11.6 Å². The smallest absolute Gasteiger partial charge is 0.418 e. The molecule has 32 heavy (non-hydrogen) atoms. The van der Waals surface area contributed by atoms with Gasteiger partial charge in [0, 0.05) is 30.2 Å². The Morgan fingerprint density at radius 2 is 1.84 bits per heavy atom. The van der Waals surface area contributed by atoms with Crippen molar-refractivity contribution in [2.75, 3.05) is 29.9 Å². The second-order valence-electron chi connectivity index (χ2n) is 6.96. The van der Waals surface area contributed by atoms with Crippen LogP contribution in [0.3, 0.4) is 0 Å². The van der Waals surface area contributed by atoms with Crippen molar-refractivity contribution >= 4 is 40.5 Å². The average Bonchev–Trinajstić information content (AvgIpc) is 3.26. The number of carbonyl (C=O) groups is 2. The number of benzene rings is 2. The molecule has 170 valence electrons. The molecule has 1 heterocycles. The van der Waals surface area contributed by atoms with E-state index in [-0.39, 0.29) is 16.3 Å². The molecule has 1 saturated heterocycles. The summed E-state index contributed by atoms with van der Waals surface area (Å²) in [7, 11) is 0. The molecule has 0 atom stereocenters. The van der Waals surface area contributed by atoms with Crippen molar-refractivity contribution in [3.63, 3.8) is 0 Å². The molecule has 2 aromatic carbocycles. The molecule has 0 aliphatic carbocycles. The third kappa shape index (κ3) is 5.47. The number of anilines is 2. The lowest BCUT2D eigenvalue weighted by Crippen LogP contribution is -2.25. The largest absolute Gasteiger partial charge is 0.452 e. The van der Waals surface area contributed by atoms with Gasteiger partial charge in [-0.3, -0.25) is 14.9 Å². The molecule has 0 aromatic heterocycles. The first-order chi connectivity index (χ1) is 15.1. The summed E-state index contributed by atoms with van der Waals surface area (Å²) in [4.78, 5) is 37.0. The molecule has 2 aromatic rings. The topological polar surface area (TPSA) is 102 Å². The van der Waals surface area contributed by atoms with E-state index >= 15 is 0 Å². The molecule has 3 rings (SSSR count). The van der Waals surface area contributed by atoms with Crippen molar-refractivity contribution in [3.8, 4) is 0 Å². The van der Waals surface area contributed by atoms with E-state index in [0.29, 0.717) is 24.8 Å². The summed E-state index contributed by atoms with van der Waals surface area (Å²) in [6.45, 7) is 0.408. The Balaban J connectivity index is 1.74. The predicted molar refractivity (Wildman–Crippen MR) is 110 cm³/mol. The van der Waals surface area contributed by atoms with E-state index in [4.69, 9.17) is 16.3 Å². The van der Waals surface area contributed by atoms with Crippen molar-refractivity contribution in [1.82, 2.24) is 0 Å². The van der Waals surface area contributed by atoms with Gasteiger partial charge in [0.2, 0.25) is 0 Å². The molecule has 0 bridgehead atoms. The molecule has 1 fully saturated rings. The van der Waals surface area contributed by atoms with Gasteiger partial charge >= 0.3 is 12.1 Å². The summed E-state index contributed by atoms with van der Waals surface area (Å²) in [5, 5.41) is 13.0. The van der Waals surface area contributed by atoms with Gasteiger partial charge in [0.05, 0.1) is 27.4 Å². The van der Waals surface area contributed by atoms with Crippen molar-refractivity contribution in [3.05, 3.63) is 62.7 Å². The highest BCUT2D eigenvalue weighted by molar-refractivity contribution is 6.30. The Morgan fingerprint density at radius 1 is 1.16 bits per heavy atom. The highest BCUT2D eigenvalue weighted by Crippen LogP contribution is 2.36. The number of halogens is 4. The van der Waals surface area contributed by atoms with Gasteiger partial charge in [-0.1, -0.05) is 11.6 Å². The number of nitrogens with zero attached hydrogens (tertiary/aromatic N) is 2. The van der Waals surface area contributed by atoms with E-state index in [1.165, 1.54) is 18.2 Å². The molecule has 1 aliphatic rings. The quantitative estimate of drug-likeness (QED) is 0.373. The van der Waals surface area contributed by atoms with Gasteiger partial charge in [0.1, 0.15) is 0 Å². The summed E-state index contributed by atoms with van der Waals surface area (Å²) in [6.07, 6.45) is -3.00. The van der Waals surface area contributed by atoms with Crippen LogP contribution in [0.25, 0.3) is 0 Å². The normalized spacial score (nSPS) is 13.7. The lowest BCUT2D eigenvalue weighted by Gasteiger charge is -2.20. The molecule has 1 aliphatic heterocycles. The number of carbonyl (C=O) groups excluding carboxylic acids is 2. The molecule has 0 radical (unpaired) electrons. The van der Waals surface area contributed by atoms with Crippen molar-refractivity contribution < 1.29 is 32.4 Å². The average molecular weight is 472 g/mol. The summed E-state index contributed by atoms with van der Waals surface area (Å²) < 4.78 is 44.4. The minimum absolute atomic E-state index is 0.101. The maximum Gasteiger partial charge on any atom is 0.418 e.